The van der Waals surface area contributed by atoms with Crippen LogP contribution in [0.1, 0.15) is 87.6 Å². The lowest BCUT2D eigenvalue weighted by Gasteiger charge is -2.38. The molecule has 212 valence electrons. The van der Waals surface area contributed by atoms with Gasteiger partial charge in [-0.15, -0.1) is 0 Å². The van der Waals surface area contributed by atoms with E-state index in [0.29, 0.717) is 29.7 Å². The Morgan fingerprint density at radius 2 is 1.62 bits per heavy atom. The molecule has 0 heterocycles. The van der Waals surface area contributed by atoms with Gasteiger partial charge in [0.1, 0.15) is 11.5 Å². The number of carbonyl (C=O) groups excluding carboxylic acids is 1. The molecule has 3 aromatic rings. The summed E-state index contributed by atoms with van der Waals surface area (Å²) in [5.41, 5.74) is 3.21. The molecule has 0 spiro atoms. The van der Waals surface area contributed by atoms with E-state index in [1.165, 1.54) is 19.3 Å². The molecule has 3 aromatic carbocycles. The molecule has 1 amide bonds. The summed E-state index contributed by atoms with van der Waals surface area (Å²) in [5.74, 6) is 0.709. The van der Waals surface area contributed by atoms with Crippen molar-refractivity contribution in [2.75, 3.05) is 16.8 Å². The maximum atomic E-state index is 13.5. The van der Waals surface area contributed by atoms with Crippen LogP contribution in [0.25, 0.3) is 0 Å². The van der Waals surface area contributed by atoms with Crippen LogP contribution in [0.2, 0.25) is 0 Å². The number of aliphatic carboxylic acids is 1. The average Bonchev–Trinajstić information content (AvgIpc) is 2.96. The van der Waals surface area contributed by atoms with Crippen molar-refractivity contribution in [3.63, 3.8) is 0 Å². The third-order valence-electron chi connectivity index (χ3n) is 7.64. The molecule has 1 aliphatic rings. The van der Waals surface area contributed by atoms with Crippen LogP contribution < -0.4 is 15.0 Å². The van der Waals surface area contributed by atoms with E-state index in [-0.39, 0.29) is 18.2 Å². The summed E-state index contributed by atoms with van der Waals surface area (Å²) in [4.78, 5) is 27.5. The number of hydrogen-bond acceptors (Lipinski definition) is 4. The highest BCUT2D eigenvalue weighted by Gasteiger charge is 2.26. The number of carboxylic acid groups (broad SMARTS) is 1. The number of amides is 1. The molecule has 1 fully saturated rings. The van der Waals surface area contributed by atoms with Crippen molar-refractivity contribution in [3.05, 3.63) is 83.9 Å². The van der Waals surface area contributed by atoms with Gasteiger partial charge in [-0.1, -0.05) is 64.3 Å². The number of carboxylic acids is 1. The second kappa shape index (κ2) is 14.0. The summed E-state index contributed by atoms with van der Waals surface area (Å²) in [7, 11) is 0. The number of nitrogens with one attached hydrogen (secondary N) is 1. The number of carbonyl (C=O) groups is 2. The third kappa shape index (κ3) is 7.87. The first-order chi connectivity index (χ1) is 19.3. The molecule has 0 aliphatic heterocycles. The minimum absolute atomic E-state index is 0.0600. The normalized spacial score (nSPS) is 14.5. The number of benzene rings is 3. The van der Waals surface area contributed by atoms with Crippen LogP contribution in [0.5, 0.6) is 11.5 Å². The van der Waals surface area contributed by atoms with E-state index in [1.54, 1.807) is 24.3 Å². The molecule has 0 saturated heterocycles. The van der Waals surface area contributed by atoms with Crippen LogP contribution in [0.4, 0.5) is 11.4 Å². The summed E-state index contributed by atoms with van der Waals surface area (Å²) < 4.78 is 5.89. The minimum Gasteiger partial charge on any atom is -0.481 e. The molecule has 1 saturated carbocycles. The van der Waals surface area contributed by atoms with Crippen molar-refractivity contribution in [1.82, 2.24) is 0 Å². The van der Waals surface area contributed by atoms with Gasteiger partial charge in [0.15, 0.2) is 0 Å². The van der Waals surface area contributed by atoms with Crippen molar-refractivity contribution in [3.8, 4) is 11.5 Å². The minimum atomic E-state index is -0.817. The van der Waals surface area contributed by atoms with Crippen LogP contribution in [-0.4, -0.2) is 29.6 Å². The van der Waals surface area contributed by atoms with Crippen LogP contribution in [-0.2, 0) is 4.79 Å². The number of para-hydroxylation sites is 1. The van der Waals surface area contributed by atoms with Crippen molar-refractivity contribution in [2.45, 2.75) is 77.7 Å². The smallest absolute Gasteiger partial charge is 0.303 e. The molecular formula is C34H42N2O4. The first-order valence-corrected chi connectivity index (χ1v) is 14.6. The van der Waals surface area contributed by atoms with Crippen molar-refractivity contribution >= 4 is 23.3 Å². The maximum Gasteiger partial charge on any atom is 0.303 e. The molecule has 0 radical (unpaired) electrons. The first-order valence-electron chi connectivity index (χ1n) is 14.6. The van der Waals surface area contributed by atoms with E-state index in [2.05, 4.69) is 30.1 Å². The van der Waals surface area contributed by atoms with Gasteiger partial charge >= 0.3 is 5.97 Å². The van der Waals surface area contributed by atoms with Crippen molar-refractivity contribution in [1.29, 1.82) is 0 Å². The highest BCUT2D eigenvalue weighted by molar-refractivity contribution is 6.06. The van der Waals surface area contributed by atoms with Gasteiger partial charge in [-0.3, -0.25) is 9.59 Å². The summed E-state index contributed by atoms with van der Waals surface area (Å²) in [6, 6.07) is 23.2. The second-order valence-electron chi connectivity index (χ2n) is 11.2. The Labute approximate surface area is 238 Å². The van der Waals surface area contributed by atoms with E-state index in [4.69, 9.17) is 4.74 Å². The van der Waals surface area contributed by atoms with Crippen LogP contribution in [0, 0.1) is 5.92 Å². The standard InChI is InChI=1S/C34H42N2O4/c1-4-25(22-33(37)38)27-17-20-32(36(23-24(2)3)28-11-7-5-8-12-28)31(21-27)35-34(39)26-15-18-30(19-16-26)40-29-13-9-6-10-14-29/h6,9-10,13-21,24-25,28H,4-5,7-8,11-12,22-23H2,1-3H3,(H,35,39)(H,37,38). The van der Waals surface area contributed by atoms with Gasteiger partial charge in [0, 0.05) is 18.2 Å². The number of anilines is 2. The molecule has 6 nitrogen and oxygen atoms in total. The Morgan fingerprint density at radius 1 is 0.950 bits per heavy atom. The van der Waals surface area contributed by atoms with Crippen LogP contribution in [0.15, 0.2) is 72.8 Å². The van der Waals surface area contributed by atoms with E-state index in [0.717, 1.165) is 42.1 Å². The van der Waals surface area contributed by atoms with E-state index in [9.17, 15) is 14.7 Å². The monoisotopic (exact) mass is 542 g/mol. The lowest BCUT2D eigenvalue weighted by Crippen LogP contribution is -2.40. The van der Waals surface area contributed by atoms with E-state index in [1.807, 2.05) is 49.4 Å². The lowest BCUT2D eigenvalue weighted by atomic mass is 9.90. The fraction of sp³-hybridized carbons (Fsp3) is 0.412. The topological polar surface area (TPSA) is 78.9 Å². The Kier molecular flexibility index (Phi) is 10.2. The molecule has 40 heavy (non-hydrogen) atoms. The molecule has 4 rings (SSSR count). The van der Waals surface area contributed by atoms with Crippen molar-refractivity contribution in [2.24, 2.45) is 5.92 Å². The number of hydrogen-bond donors (Lipinski definition) is 2. The Hall–Kier alpha value is -3.80. The fourth-order valence-corrected chi connectivity index (χ4v) is 5.59. The Bertz CT molecular complexity index is 1250. The number of nitrogens with zero attached hydrogens (tertiary/aromatic N) is 1. The van der Waals surface area contributed by atoms with Crippen LogP contribution >= 0.6 is 0 Å². The molecule has 2 N–H and O–H groups in total. The first kappa shape index (κ1) is 29.2. The van der Waals surface area contributed by atoms with Gasteiger partial charge in [-0.25, -0.2) is 0 Å². The molecule has 1 unspecified atom stereocenters. The summed E-state index contributed by atoms with van der Waals surface area (Å²) in [5, 5.41) is 12.7. The fourth-order valence-electron chi connectivity index (χ4n) is 5.59. The second-order valence-corrected chi connectivity index (χ2v) is 11.2. The highest BCUT2D eigenvalue weighted by Crippen LogP contribution is 2.37. The van der Waals surface area contributed by atoms with Crippen LogP contribution in [0.3, 0.4) is 0 Å². The summed E-state index contributed by atoms with van der Waals surface area (Å²) in [6.07, 6.45) is 6.75. The Balaban J connectivity index is 1.64. The third-order valence-corrected chi connectivity index (χ3v) is 7.64. The quantitative estimate of drug-likeness (QED) is 0.240. The zero-order valence-corrected chi connectivity index (χ0v) is 23.9. The van der Waals surface area contributed by atoms with Gasteiger partial charge in [-0.2, -0.15) is 0 Å². The molecule has 0 aromatic heterocycles. The molecule has 0 bridgehead atoms. The molecule has 6 heteroatoms. The molecule has 1 atom stereocenters. The summed E-state index contributed by atoms with van der Waals surface area (Å²) in [6.45, 7) is 7.35. The highest BCUT2D eigenvalue weighted by atomic mass is 16.5. The molecule has 1 aliphatic carbocycles. The SMILES string of the molecule is CCC(CC(=O)O)c1ccc(N(CC(C)C)C2CCCCC2)c(NC(=O)c2ccc(Oc3ccccc3)cc2)c1. The van der Waals surface area contributed by atoms with Gasteiger partial charge in [0.25, 0.3) is 5.91 Å². The average molecular weight is 543 g/mol. The number of ether oxygens (including phenoxy) is 1. The van der Waals surface area contributed by atoms with Gasteiger partial charge in [0.05, 0.1) is 17.8 Å². The number of rotatable bonds is 12. The zero-order chi connectivity index (χ0) is 28.5. The zero-order valence-electron chi connectivity index (χ0n) is 23.9. The van der Waals surface area contributed by atoms with E-state index >= 15 is 0 Å². The summed E-state index contributed by atoms with van der Waals surface area (Å²) >= 11 is 0. The van der Waals surface area contributed by atoms with Gasteiger partial charge in [-0.05, 0) is 85.2 Å². The largest absolute Gasteiger partial charge is 0.481 e. The predicted molar refractivity (Wildman–Crippen MR) is 162 cm³/mol. The van der Waals surface area contributed by atoms with Crippen molar-refractivity contribution < 1.29 is 19.4 Å². The van der Waals surface area contributed by atoms with Gasteiger partial charge < -0.3 is 20.1 Å². The predicted octanol–water partition coefficient (Wildman–Crippen LogP) is 8.49. The van der Waals surface area contributed by atoms with Gasteiger partial charge in [0.2, 0.25) is 0 Å². The Morgan fingerprint density at radius 3 is 2.25 bits per heavy atom. The maximum absolute atomic E-state index is 13.5. The van der Waals surface area contributed by atoms with E-state index < -0.39 is 5.97 Å². The molecular weight excluding hydrogens is 500 g/mol. The lowest BCUT2D eigenvalue weighted by molar-refractivity contribution is -0.137.